The predicted octanol–water partition coefficient (Wildman–Crippen LogP) is 4.57. The topological polar surface area (TPSA) is 94.2 Å². The van der Waals surface area contributed by atoms with E-state index in [1.807, 2.05) is 54.6 Å². The average molecular weight is 542 g/mol. The summed E-state index contributed by atoms with van der Waals surface area (Å²) in [6, 6.07) is 24.5. The number of ether oxygens (including phenoxy) is 1. The van der Waals surface area contributed by atoms with Crippen LogP contribution >= 0.6 is 0 Å². The van der Waals surface area contributed by atoms with Crippen LogP contribution in [0.2, 0.25) is 0 Å². The lowest BCUT2D eigenvalue weighted by Crippen LogP contribution is -2.58. The van der Waals surface area contributed by atoms with Crippen LogP contribution in [-0.4, -0.2) is 66.6 Å². The molecule has 9 nitrogen and oxygen atoms in total. The minimum absolute atomic E-state index is 0.0703. The van der Waals surface area contributed by atoms with Gasteiger partial charge in [0.1, 0.15) is 17.8 Å². The second-order valence-corrected chi connectivity index (χ2v) is 10.1. The summed E-state index contributed by atoms with van der Waals surface area (Å²) in [5, 5.41) is 5.92. The maximum absolute atomic E-state index is 14.0. The highest BCUT2D eigenvalue weighted by molar-refractivity contribution is 5.99. The minimum atomic E-state index is -0.824. The van der Waals surface area contributed by atoms with Crippen molar-refractivity contribution < 1.29 is 19.1 Å². The number of hydrogen-bond acceptors (Lipinski definition) is 5. The van der Waals surface area contributed by atoms with Gasteiger partial charge in [-0.05, 0) is 55.2 Å². The van der Waals surface area contributed by atoms with Crippen molar-refractivity contribution in [3.05, 3.63) is 84.4 Å². The number of likely N-dealkylation sites (tertiary alicyclic amines) is 1. The van der Waals surface area contributed by atoms with Crippen LogP contribution in [0.4, 0.5) is 21.9 Å². The van der Waals surface area contributed by atoms with E-state index in [0.717, 1.165) is 23.4 Å². The molecular formula is C31H35N5O4. The number of carbonyl (C=O) groups is 3. The van der Waals surface area contributed by atoms with Crippen molar-refractivity contribution in [1.82, 2.24) is 9.80 Å². The van der Waals surface area contributed by atoms with E-state index in [1.54, 1.807) is 41.2 Å². The summed E-state index contributed by atoms with van der Waals surface area (Å²) in [6.07, 6.45) is 1.76. The smallest absolute Gasteiger partial charge is 0.321 e. The van der Waals surface area contributed by atoms with E-state index in [9.17, 15) is 14.4 Å². The van der Waals surface area contributed by atoms with Gasteiger partial charge in [0.25, 0.3) is 5.91 Å². The number of aryl methyl sites for hydroxylation is 1. The first-order valence-electron chi connectivity index (χ1n) is 13.6. The molecule has 0 aromatic heterocycles. The number of methoxy groups -OCH3 is 1. The molecule has 0 unspecified atom stereocenters. The summed E-state index contributed by atoms with van der Waals surface area (Å²) in [4.78, 5) is 45.6. The van der Waals surface area contributed by atoms with Gasteiger partial charge in [0.05, 0.1) is 13.8 Å². The summed E-state index contributed by atoms with van der Waals surface area (Å²) >= 11 is 0. The monoisotopic (exact) mass is 541 g/mol. The van der Waals surface area contributed by atoms with Gasteiger partial charge in [-0.15, -0.1) is 0 Å². The molecule has 9 heteroatoms. The first-order valence-corrected chi connectivity index (χ1v) is 13.6. The van der Waals surface area contributed by atoms with Gasteiger partial charge in [-0.1, -0.05) is 49.4 Å². The van der Waals surface area contributed by atoms with Crippen molar-refractivity contribution in [2.45, 2.75) is 31.7 Å². The van der Waals surface area contributed by atoms with Crippen LogP contribution in [0.1, 0.15) is 25.3 Å². The van der Waals surface area contributed by atoms with Gasteiger partial charge in [-0.2, -0.15) is 0 Å². The normalized spacial score (nSPS) is 16.2. The number of carbonyl (C=O) groups excluding carboxylic acids is 3. The third kappa shape index (κ3) is 5.45. The minimum Gasteiger partial charge on any atom is -0.497 e. The molecule has 2 N–H and O–H groups in total. The van der Waals surface area contributed by atoms with Gasteiger partial charge in [0, 0.05) is 36.2 Å². The highest BCUT2D eigenvalue weighted by Crippen LogP contribution is 2.39. The Kier molecular flexibility index (Phi) is 7.91. The standard InChI is InChI=1S/C31H35N5O4/c1-3-23-10-7-8-15-27(23)33-30(39)34-18-16-31(17-19-34)29(38)35(22-36(31)25-12-5-4-6-13-25)21-28(37)32-24-11-9-14-26(20-24)40-2/h4-15,20H,3,16-19,21-22H2,1-2H3,(H,32,37)(H,33,39). The SMILES string of the molecule is CCc1ccccc1NC(=O)N1CCC2(CC1)C(=O)N(CC(=O)Nc1cccc(OC)c1)CN2c1ccccc1. The Morgan fingerprint density at radius 2 is 1.65 bits per heavy atom. The van der Waals surface area contributed by atoms with Crippen LogP contribution in [0.25, 0.3) is 0 Å². The molecule has 1 spiro atoms. The number of nitrogens with zero attached hydrogens (tertiary/aromatic N) is 3. The fraction of sp³-hybridized carbons (Fsp3) is 0.323. The molecule has 2 saturated heterocycles. The van der Waals surface area contributed by atoms with E-state index in [-0.39, 0.29) is 24.4 Å². The van der Waals surface area contributed by atoms with Crippen molar-refractivity contribution in [3.63, 3.8) is 0 Å². The lowest BCUT2D eigenvalue weighted by Gasteiger charge is -2.43. The summed E-state index contributed by atoms with van der Waals surface area (Å²) in [6.45, 7) is 3.14. The lowest BCUT2D eigenvalue weighted by atomic mass is 9.85. The molecule has 0 saturated carbocycles. The third-order valence-electron chi connectivity index (χ3n) is 7.79. The van der Waals surface area contributed by atoms with Crippen LogP contribution in [-0.2, 0) is 16.0 Å². The number of rotatable bonds is 7. The predicted molar refractivity (Wildman–Crippen MR) is 156 cm³/mol. The molecule has 208 valence electrons. The van der Waals surface area contributed by atoms with Crippen molar-refractivity contribution in [2.75, 3.05) is 48.9 Å². The Morgan fingerprint density at radius 3 is 2.38 bits per heavy atom. The van der Waals surface area contributed by atoms with E-state index in [1.165, 1.54) is 0 Å². The molecule has 0 atom stereocenters. The largest absolute Gasteiger partial charge is 0.497 e. The lowest BCUT2D eigenvalue weighted by molar-refractivity contribution is -0.136. The third-order valence-corrected chi connectivity index (χ3v) is 7.79. The van der Waals surface area contributed by atoms with Gasteiger partial charge < -0.3 is 30.1 Å². The van der Waals surface area contributed by atoms with Crippen LogP contribution in [0.5, 0.6) is 5.75 Å². The van der Waals surface area contributed by atoms with Crippen LogP contribution < -0.4 is 20.3 Å². The van der Waals surface area contributed by atoms with E-state index in [2.05, 4.69) is 22.5 Å². The van der Waals surface area contributed by atoms with Gasteiger partial charge in [-0.25, -0.2) is 4.79 Å². The van der Waals surface area contributed by atoms with Crippen molar-refractivity contribution >= 4 is 34.9 Å². The molecule has 0 aliphatic carbocycles. The number of hydrogen-bond donors (Lipinski definition) is 2. The number of para-hydroxylation sites is 2. The van der Waals surface area contributed by atoms with Crippen LogP contribution in [0.15, 0.2) is 78.9 Å². The number of urea groups is 1. The number of piperidine rings is 1. The highest BCUT2D eigenvalue weighted by Gasteiger charge is 2.54. The van der Waals surface area contributed by atoms with E-state index in [0.29, 0.717) is 44.0 Å². The number of benzene rings is 3. The number of anilines is 3. The number of nitrogens with one attached hydrogen (secondary N) is 2. The Bertz CT molecular complexity index is 1370. The molecule has 0 bridgehead atoms. The molecule has 3 aromatic carbocycles. The van der Waals surface area contributed by atoms with E-state index in [4.69, 9.17) is 4.74 Å². The Balaban J connectivity index is 1.30. The summed E-state index contributed by atoms with van der Waals surface area (Å²) < 4.78 is 5.24. The van der Waals surface area contributed by atoms with Crippen molar-refractivity contribution in [2.24, 2.45) is 0 Å². The maximum atomic E-state index is 14.0. The quantitative estimate of drug-likeness (QED) is 0.457. The maximum Gasteiger partial charge on any atom is 0.321 e. The van der Waals surface area contributed by atoms with Crippen molar-refractivity contribution in [1.29, 1.82) is 0 Å². The fourth-order valence-corrected chi connectivity index (χ4v) is 5.62. The second kappa shape index (κ2) is 11.7. The Morgan fingerprint density at radius 1 is 0.925 bits per heavy atom. The molecule has 0 radical (unpaired) electrons. The summed E-state index contributed by atoms with van der Waals surface area (Å²) in [5.74, 6) is 0.268. The van der Waals surface area contributed by atoms with Crippen LogP contribution in [0, 0.1) is 0 Å². The zero-order valence-electron chi connectivity index (χ0n) is 22.9. The Hall–Kier alpha value is -4.53. The molecule has 40 heavy (non-hydrogen) atoms. The molecule has 2 fully saturated rings. The fourth-order valence-electron chi connectivity index (χ4n) is 5.62. The first-order chi connectivity index (χ1) is 19.4. The van der Waals surface area contributed by atoms with Gasteiger partial charge in [0.2, 0.25) is 5.91 Å². The van der Waals surface area contributed by atoms with Crippen molar-refractivity contribution in [3.8, 4) is 5.75 Å². The molecule has 4 amide bonds. The Labute approximate surface area is 234 Å². The molecule has 3 aromatic rings. The van der Waals surface area contributed by atoms with Gasteiger partial charge in [-0.3, -0.25) is 9.59 Å². The molecule has 5 rings (SSSR count). The summed E-state index contributed by atoms with van der Waals surface area (Å²) in [5.41, 5.74) is 2.59. The van der Waals surface area contributed by atoms with Crippen LogP contribution in [0.3, 0.4) is 0 Å². The first kappa shape index (κ1) is 27.1. The van der Waals surface area contributed by atoms with Gasteiger partial charge >= 0.3 is 6.03 Å². The van der Waals surface area contributed by atoms with E-state index < -0.39 is 5.54 Å². The molecule has 2 aliphatic heterocycles. The summed E-state index contributed by atoms with van der Waals surface area (Å²) in [7, 11) is 1.57. The van der Waals surface area contributed by atoms with E-state index >= 15 is 0 Å². The second-order valence-electron chi connectivity index (χ2n) is 10.1. The van der Waals surface area contributed by atoms with Gasteiger partial charge in [0.15, 0.2) is 0 Å². The zero-order chi connectivity index (χ0) is 28.1. The molecule has 2 aliphatic rings. The molecular weight excluding hydrogens is 506 g/mol. The number of amides is 4. The molecule has 2 heterocycles. The average Bonchev–Trinajstić information content (AvgIpc) is 3.24. The highest BCUT2D eigenvalue weighted by atomic mass is 16.5. The zero-order valence-corrected chi connectivity index (χ0v) is 22.9.